The largest absolute Gasteiger partial charge is 0.481 e. The van der Waals surface area contributed by atoms with Gasteiger partial charge in [0.2, 0.25) is 0 Å². The van der Waals surface area contributed by atoms with E-state index in [0.717, 1.165) is 55.2 Å². The number of hydrogen-bond acceptors (Lipinski definition) is 2. The average Bonchev–Trinajstić information content (AvgIpc) is 2.73. The third kappa shape index (κ3) is 4.19. The van der Waals surface area contributed by atoms with E-state index in [1.807, 2.05) is 6.92 Å². The van der Waals surface area contributed by atoms with E-state index in [1.54, 1.807) is 0 Å². The van der Waals surface area contributed by atoms with Crippen molar-refractivity contribution in [2.75, 3.05) is 0 Å². The van der Waals surface area contributed by atoms with E-state index in [0.29, 0.717) is 31.1 Å². The van der Waals surface area contributed by atoms with Crippen molar-refractivity contribution >= 4 is 11.9 Å². The first kappa shape index (κ1) is 22.6. The minimum absolute atomic E-state index is 0.233. The molecule has 1 fully saturated rings. The Bertz CT molecular complexity index is 802. The standard InChI is InChI=1S/C26H36O4/c1-16(2)18-5-7-20(8-6-18)23-15-21(24(27)28)13-14-26(23,25(29)30)22-11-9-19(10-12-22)17(3)4/h7,11,18-19,21,23H,1,3,5-6,8-10,12-15H2,2,4H3,(H,27,28)(H,29,30)/t18-,19-,21?,23?,26?/m1/s1. The molecule has 1 saturated carbocycles. The lowest BCUT2D eigenvalue weighted by molar-refractivity contribution is -0.156. The number of allylic oxidation sites excluding steroid dienone is 5. The van der Waals surface area contributed by atoms with Crippen molar-refractivity contribution in [2.45, 2.75) is 71.6 Å². The van der Waals surface area contributed by atoms with E-state index in [4.69, 9.17) is 0 Å². The molecule has 0 heterocycles. The van der Waals surface area contributed by atoms with E-state index in [2.05, 4.69) is 32.2 Å². The number of hydrogen-bond donors (Lipinski definition) is 2. The van der Waals surface area contributed by atoms with Gasteiger partial charge in [0.1, 0.15) is 0 Å². The Hall–Kier alpha value is -2.10. The summed E-state index contributed by atoms with van der Waals surface area (Å²) in [5, 5.41) is 20.2. The first-order valence-electron chi connectivity index (χ1n) is 11.3. The van der Waals surface area contributed by atoms with Crippen LogP contribution in [0.15, 0.2) is 47.6 Å². The van der Waals surface area contributed by atoms with Crippen LogP contribution in [0.2, 0.25) is 0 Å². The summed E-state index contributed by atoms with van der Waals surface area (Å²) in [7, 11) is 0. The van der Waals surface area contributed by atoms with Crippen LogP contribution < -0.4 is 0 Å². The molecule has 0 aromatic heterocycles. The zero-order valence-electron chi connectivity index (χ0n) is 18.5. The fourth-order valence-electron chi connectivity index (χ4n) is 5.95. The van der Waals surface area contributed by atoms with Gasteiger partial charge in [-0.3, -0.25) is 9.59 Å². The summed E-state index contributed by atoms with van der Waals surface area (Å²) in [6.07, 6.45) is 10.8. The average molecular weight is 413 g/mol. The summed E-state index contributed by atoms with van der Waals surface area (Å²) in [5.74, 6) is -1.41. The molecule has 0 aromatic carbocycles. The molecule has 4 heteroatoms. The van der Waals surface area contributed by atoms with Gasteiger partial charge in [-0.05, 0) is 83.5 Å². The lowest BCUT2D eigenvalue weighted by Crippen LogP contribution is -2.47. The van der Waals surface area contributed by atoms with E-state index in [9.17, 15) is 19.8 Å². The van der Waals surface area contributed by atoms with Gasteiger partial charge in [0.25, 0.3) is 0 Å². The molecule has 3 rings (SSSR count). The quantitative estimate of drug-likeness (QED) is 0.512. The molecule has 3 aliphatic carbocycles. The van der Waals surface area contributed by atoms with Crippen LogP contribution >= 0.6 is 0 Å². The highest BCUT2D eigenvalue weighted by molar-refractivity contribution is 5.81. The number of carboxylic acid groups (broad SMARTS) is 2. The van der Waals surface area contributed by atoms with Crippen molar-refractivity contribution < 1.29 is 19.8 Å². The molecule has 0 spiro atoms. The predicted octanol–water partition coefficient (Wildman–Crippen LogP) is 6.16. The molecule has 0 radical (unpaired) electrons. The van der Waals surface area contributed by atoms with Crippen LogP contribution in [0, 0.1) is 29.1 Å². The molecule has 164 valence electrons. The Morgan fingerprint density at radius 1 is 0.933 bits per heavy atom. The highest BCUT2D eigenvalue weighted by Crippen LogP contribution is 2.56. The van der Waals surface area contributed by atoms with Gasteiger partial charge in [-0.15, -0.1) is 0 Å². The van der Waals surface area contributed by atoms with E-state index >= 15 is 0 Å². The number of aliphatic carboxylic acids is 2. The first-order chi connectivity index (χ1) is 14.2. The summed E-state index contributed by atoms with van der Waals surface area (Å²) in [4.78, 5) is 24.6. The van der Waals surface area contributed by atoms with Crippen molar-refractivity contribution in [3.05, 3.63) is 47.6 Å². The Labute approximate surface area is 180 Å². The van der Waals surface area contributed by atoms with Crippen LogP contribution in [0.4, 0.5) is 0 Å². The molecule has 3 aliphatic rings. The topological polar surface area (TPSA) is 74.6 Å². The summed E-state index contributed by atoms with van der Waals surface area (Å²) < 4.78 is 0. The highest BCUT2D eigenvalue weighted by atomic mass is 16.4. The first-order valence-corrected chi connectivity index (χ1v) is 11.3. The molecule has 30 heavy (non-hydrogen) atoms. The van der Waals surface area contributed by atoms with Crippen LogP contribution in [0.5, 0.6) is 0 Å². The lowest BCUT2D eigenvalue weighted by atomic mass is 9.55. The number of rotatable bonds is 6. The molecule has 0 amide bonds. The second-order valence-electron chi connectivity index (χ2n) is 9.78. The van der Waals surface area contributed by atoms with Crippen LogP contribution in [-0.4, -0.2) is 22.2 Å². The van der Waals surface area contributed by atoms with Gasteiger partial charge in [-0.1, -0.05) is 47.6 Å². The minimum atomic E-state index is -0.964. The Balaban J connectivity index is 1.99. The zero-order chi connectivity index (χ0) is 22.1. The third-order valence-corrected chi connectivity index (χ3v) is 8.00. The van der Waals surface area contributed by atoms with E-state index < -0.39 is 23.3 Å². The molecule has 4 nitrogen and oxygen atoms in total. The molecular formula is C26H36O4. The predicted molar refractivity (Wildman–Crippen MR) is 119 cm³/mol. The zero-order valence-corrected chi connectivity index (χ0v) is 18.5. The molecule has 0 aliphatic heterocycles. The maximum atomic E-state index is 12.8. The van der Waals surface area contributed by atoms with Crippen LogP contribution in [0.25, 0.3) is 0 Å². The molecule has 0 aromatic rings. The number of carboxylic acids is 2. The minimum Gasteiger partial charge on any atom is -0.481 e. The molecule has 3 unspecified atom stereocenters. The molecule has 0 bridgehead atoms. The maximum absolute atomic E-state index is 12.8. The normalized spacial score (nSPS) is 34.5. The molecule has 5 atom stereocenters. The van der Waals surface area contributed by atoms with Crippen molar-refractivity contribution in [2.24, 2.45) is 29.1 Å². The molecular weight excluding hydrogens is 376 g/mol. The Morgan fingerprint density at radius 3 is 1.97 bits per heavy atom. The summed E-state index contributed by atoms with van der Waals surface area (Å²) in [6.45, 7) is 12.3. The SMILES string of the molecule is C=C(C)[C@@H]1CC=C(C2CC(C(=O)O)CCC2(C(=O)O)C2=CC[C@@H](C(=C)C)CC2)CC1. The van der Waals surface area contributed by atoms with Crippen LogP contribution in [0.3, 0.4) is 0 Å². The van der Waals surface area contributed by atoms with Gasteiger partial charge in [0, 0.05) is 5.92 Å². The van der Waals surface area contributed by atoms with Crippen molar-refractivity contribution in [1.29, 1.82) is 0 Å². The van der Waals surface area contributed by atoms with Crippen molar-refractivity contribution in [3.63, 3.8) is 0 Å². The van der Waals surface area contributed by atoms with Gasteiger partial charge in [-0.25, -0.2) is 0 Å². The van der Waals surface area contributed by atoms with Crippen molar-refractivity contribution in [3.8, 4) is 0 Å². The van der Waals surface area contributed by atoms with Crippen molar-refractivity contribution in [1.82, 2.24) is 0 Å². The van der Waals surface area contributed by atoms with Gasteiger partial charge < -0.3 is 10.2 Å². The van der Waals surface area contributed by atoms with Gasteiger partial charge in [0.15, 0.2) is 0 Å². The summed E-state index contributed by atoms with van der Waals surface area (Å²) in [6, 6.07) is 0. The second kappa shape index (κ2) is 8.95. The maximum Gasteiger partial charge on any atom is 0.314 e. The Morgan fingerprint density at radius 2 is 1.53 bits per heavy atom. The second-order valence-corrected chi connectivity index (χ2v) is 9.78. The monoisotopic (exact) mass is 412 g/mol. The Kier molecular flexibility index (Phi) is 6.74. The van der Waals surface area contributed by atoms with Gasteiger partial charge in [-0.2, -0.15) is 0 Å². The highest BCUT2D eigenvalue weighted by Gasteiger charge is 2.54. The molecule has 2 N–H and O–H groups in total. The third-order valence-electron chi connectivity index (χ3n) is 8.00. The number of carbonyl (C=O) groups is 2. The lowest BCUT2D eigenvalue weighted by Gasteiger charge is -2.47. The van der Waals surface area contributed by atoms with Crippen LogP contribution in [-0.2, 0) is 9.59 Å². The smallest absolute Gasteiger partial charge is 0.314 e. The van der Waals surface area contributed by atoms with E-state index in [1.165, 1.54) is 5.57 Å². The summed E-state index contributed by atoms with van der Waals surface area (Å²) in [5.41, 5.74) is 3.53. The molecule has 0 saturated heterocycles. The van der Waals surface area contributed by atoms with Gasteiger partial charge in [0.05, 0.1) is 11.3 Å². The fourth-order valence-corrected chi connectivity index (χ4v) is 5.95. The van der Waals surface area contributed by atoms with E-state index in [-0.39, 0.29) is 5.92 Å². The summed E-state index contributed by atoms with van der Waals surface area (Å²) >= 11 is 0. The van der Waals surface area contributed by atoms with Gasteiger partial charge >= 0.3 is 11.9 Å². The van der Waals surface area contributed by atoms with Crippen LogP contribution in [0.1, 0.15) is 71.6 Å². The fraction of sp³-hybridized carbons (Fsp3) is 0.615.